The van der Waals surface area contributed by atoms with Crippen molar-refractivity contribution in [2.45, 2.75) is 26.1 Å². The molecule has 1 unspecified atom stereocenters. The molecule has 0 amide bonds. The molecule has 0 spiro atoms. The standard InChI is InChI=1S/C14H13Br2F2NOS/c1-8(19-7-9-6-11(15)13(16)21-9)10-4-2-3-5-12(10)20-14(17)18/h2-6,8,14,19H,7H2,1H3. The number of hydrogen-bond acceptors (Lipinski definition) is 3. The minimum absolute atomic E-state index is 0.0976. The molecule has 0 fully saturated rings. The van der Waals surface area contributed by atoms with Gasteiger partial charge in [0.25, 0.3) is 0 Å². The molecule has 0 bridgehead atoms. The number of alkyl halides is 2. The number of nitrogens with one attached hydrogen (secondary N) is 1. The van der Waals surface area contributed by atoms with Gasteiger partial charge in [-0.15, -0.1) is 11.3 Å². The second kappa shape index (κ2) is 7.67. The topological polar surface area (TPSA) is 21.3 Å². The largest absolute Gasteiger partial charge is 0.434 e. The molecule has 21 heavy (non-hydrogen) atoms. The van der Waals surface area contributed by atoms with Crippen molar-refractivity contribution in [1.29, 1.82) is 0 Å². The van der Waals surface area contributed by atoms with Crippen LogP contribution in [0.2, 0.25) is 0 Å². The van der Waals surface area contributed by atoms with E-state index in [1.54, 1.807) is 29.5 Å². The van der Waals surface area contributed by atoms with E-state index < -0.39 is 6.61 Å². The predicted molar refractivity (Wildman–Crippen MR) is 88.0 cm³/mol. The molecule has 0 saturated heterocycles. The Morgan fingerprint density at radius 2 is 2.00 bits per heavy atom. The van der Waals surface area contributed by atoms with E-state index in [0.717, 1.165) is 13.1 Å². The highest BCUT2D eigenvalue weighted by atomic mass is 79.9. The zero-order valence-corrected chi connectivity index (χ0v) is 15.1. The summed E-state index contributed by atoms with van der Waals surface area (Å²) in [5.74, 6) is 0.209. The lowest BCUT2D eigenvalue weighted by Crippen LogP contribution is -2.18. The summed E-state index contributed by atoms with van der Waals surface area (Å²) >= 11 is 8.51. The number of halogens is 4. The summed E-state index contributed by atoms with van der Waals surface area (Å²) in [7, 11) is 0. The van der Waals surface area contributed by atoms with Gasteiger partial charge < -0.3 is 10.1 Å². The predicted octanol–water partition coefficient (Wildman–Crippen LogP) is 5.73. The average Bonchev–Trinajstić information content (AvgIpc) is 2.75. The molecular weight excluding hydrogens is 428 g/mol. The summed E-state index contributed by atoms with van der Waals surface area (Å²) in [5.41, 5.74) is 0.715. The van der Waals surface area contributed by atoms with Gasteiger partial charge in [0, 0.05) is 27.5 Å². The molecule has 0 saturated carbocycles. The monoisotopic (exact) mass is 439 g/mol. The van der Waals surface area contributed by atoms with Crippen LogP contribution >= 0.6 is 43.2 Å². The van der Waals surface area contributed by atoms with E-state index in [9.17, 15) is 8.78 Å². The minimum Gasteiger partial charge on any atom is -0.434 e. The van der Waals surface area contributed by atoms with Crippen LogP contribution in [-0.4, -0.2) is 6.61 Å². The van der Waals surface area contributed by atoms with Crippen LogP contribution in [0.15, 0.2) is 38.6 Å². The average molecular weight is 441 g/mol. The fourth-order valence-electron chi connectivity index (χ4n) is 1.88. The summed E-state index contributed by atoms with van der Waals surface area (Å²) in [6.45, 7) is -0.243. The Morgan fingerprint density at radius 1 is 1.29 bits per heavy atom. The summed E-state index contributed by atoms with van der Waals surface area (Å²) in [4.78, 5) is 1.15. The molecule has 0 aliphatic carbocycles. The van der Waals surface area contributed by atoms with E-state index in [2.05, 4.69) is 41.9 Å². The first kappa shape index (κ1) is 16.9. The van der Waals surface area contributed by atoms with E-state index in [4.69, 9.17) is 0 Å². The smallest absolute Gasteiger partial charge is 0.387 e. The lowest BCUT2D eigenvalue weighted by Gasteiger charge is -2.17. The molecular formula is C14H13Br2F2NOS. The molecule has 0 aliphatic heterocycles. The van der Waals surface area contributed by atoms with Gasteiger partial charge in [-0.25, -0.2) is 0 Å². The van der Waals surface area contributed by atoms with Crippen LogP contribution < -0.4 is 10.1 Å². The lowest BCUT2D eigenvalue weighted by atomic mass is 10.1. The van der Waals surface area contributed by atoms with E-state index in [1.807, 2.05) is 19.1 Å². The SMILES string of the molecule is CC(NCc1cc(Br)c(Br)s1)c1ccccc1OC(F)F. The molecule has 1 aromatic heterocycles. The molecule has 1 heterocycles. The van der Waals surface area contributed by atoms with Crippen molar-refractivity contribution >= 4 is 43.2 Å². The Labute approximate surface area is 142 Å². The zero-order valence-electron chi connectivity index (χ0n) is 11.1. The van der Waals surface area contributed by atoms with Gasteiger partial charge in [0.15, 0.2) is 0 Å². The summed E-state index contributed by atoms with van der Waals surface area (Å²) in [6, 6.07) is 8.76. The van der Waals surface area contributed by atoms with Gasteiger partial charge in [-0.3, -0.25) is 0 Å². The first-order valence-electron chi connectivity index (χ1n) is 6.18. The number of benzene rings is 1. The van der Waals surface area contributed by atoms with E-state index in [0.29, 0.717) is 12.1 Å². The third kappa shape index (κ3) is 4.74. The van der Waals surface area contributed by atoms with Crippen LogP contribution in [0.25, 0.3) is 0 Å². The molecule has 2 nitrogen and oxygen atoms in total. The highest BCUT2D eigenvalue weighted by molar-refractivity contribution is 9.13. The quantitative estimate of drug-likeness (QED) is 0.619. The molecule has 0 aliphatic rings. The Morgan fingerprint density at radius 3 is 2.62 bits per heavy atom. The third-order valence-electron chi connectivity index (χ3n) is 2.88. The first-order valence-corrected chi connectivity index (χ1v) is 8.58. The van der Waals surface area contributed by atoms with Crippen molar-refractivity contribution in [3.8, 4) is 5.75 Å². The highest BCUT2D eigenvalue weighted by Gasteiger charge is 2.14. The van der Waals surface area contributed by atoms with Gasteiger partial charge in [0.2, 0.25) is 0 Å². The highest BCUT2D eigenvalue weighted by Crippen LogP contribution is 2.33. The van der Waals surface area contributed by atoms with Crippen LogP contribution in [0.4, 0.5) is 8.78 Å². The van der Waals surface area contributed by atoms with Crippen molar-refractivity contribution in [2.75, 3.05) is 0 Å². The third-order valence-corrected chi connectivity index (χ3v) is 6.14. The van der Waals surface area contributed by atoms with Gasteiger partial charge in [-0.1, -0.05) is 18.2 Å². The number of para-hydroxylation sites is 1. The maximum Gasteiger partial charge on any atom is 0.387 e. The van der Waals surface area contributed by atoms with Crippen molar-refractivity contribution in [1.82, 2.24) is 5.32 Å². The molecule has 7 heteroatoms. The zero-order chi connectivity index (χ0) is 15.4. The number of hydrogen-bond donors (Lipinski definition) is 1. The number of thiophene rings is 1. The fourth-order valence-corrected chi connectivity index (χ4v) is 4.01. The Kier molecular flexibility index (Phi) is 6.16. The lowest BCUT2D eigenvalue weighted by molar-refractivity contribution is -0.0506. The molecule has 1 atom stereocenters. The number of rotatable bonds is 6. The fraction of sp³-hybridized carbons (Fsp3) is 0.286. The van der Waals surface area contributed by atoms with Crippen molar-refractivity contribution < 1.29 is 13.5 Å². The Balaban J connectivity index is 2.04. The van der Waals surface area contributed by atoms with Crippen LogP contribution in [0.5, 0.6) is 5.75 Å². The minimum atomic E-state index is -2.82. The molecule has 1 N–H and O–H groups in total. The molecule has 2 rings (SSSR count). The molecule has 2 aromatic rings. The van der Waals surface area contributed by atoms with Crippen molar-refractivity contribution in [2.24, 2.45) is 0 Å². The maximum atomic E-state index is 12.4. The van der Waals surface area contributed by atoms with Gasteiger partial charge in [-0.05, 0) is 50.9 Å². The van der Waals surface area contributed by atoms with Crippen molar-refractivity contribution in [3.05, 3.63) is 49.0 Å². The van der Waals surface area contributed by atoms with Gasteiger partial charge in [-0.2, -0.15) is 8.78 Å². The molecule has 114 valence electrons. The van der Waals surface area contributed by atoms with E-state index in [-0.39, 0.29) is 11.8 Å². The number of ether oxygens (including phenoxy) is 1. The second-order valence-electron chi connectivity index (χ2n) is 4.35. The summed E-state index contributed by atoms with van der Waals surface area (Å²) in [6.07, 6.45) is 0. The molecule has 1 aromatic carbocycles. The normalized spacial score (nSPS) is 12.7. The van der Waals surface area contributed by atoms with Crippen LogP contribution in [0.3, 0.4) is 0 Å². The summed E-state index contributed by atoms with van der Waals surface area (Å²) in [5, 5.41) is 3.31. The molecule has 0 radical (unpaired) electrons. The van der Waals surface area contributed by atoms with Crippen LogP contribution in [0.1, 0.15) is 23.4 Å². The van der Waals surface area contributed by atoms with Gasteiger partial charge in [0.1, 0.15) is 5.75 Å². The van der Waals surface area contributed by atoms with E-state index in [1.165, 1.54) is 0 Å². The van der Waals surface area contributed by atoms with Crippen LogP contribution in [0, 0.1) is 0 Å². The summed E-state index contributed by atoms with van der Waals surface area (Å²) < 4.78 is 31.4. The Hall–Kier alpha value is -0.500. The van der Waals surface area contributed by atoms with E-state index >= 15 is 0 Å². The van der Waals surface area contributed by atoms with Gasteiger partial charge >= 0.3 is 6.61 Å². The Bertz CT molecular complexity index is 587. The second-order valence-corrected chi connectivity index (χ2v) is 7.66. The van der Waals surface area contributed by atoms with Gasteiger partial charge in [0.05, 0.1) is 3.79 Å². The van der Waals surface area contributed by atoms with Crippen LogP contribution in [-0.2, 0) is 6.54 Å². The maximum absolute atomic E-state index is 12.4. The van der Waals surface area contributed by atoms with Crippen molar-refractivity contribution in [3.63, 3.8) is 0 Å². The first-order chi connectivity index (χ1) is 9.97.